The zero-order valence-electron chi connectivity index (χ0n) is 18.0. The number of amides is 2. The molecular weight excluding hydrogens is 428 g/mol. The monoisotopic (exact) mass is 448 g/mol. The standard InChI is InChI=1S/C26H20N6O2/c33-25(31-29-17-19-3-1-13-27-15-19)23-9-5-21(6-10-23)22-7-11-24(12-8-22)26(34)32-30-18-20-4-2-14-28-16-20/h1-18H,(H,31,33)(H,32,34)/b29-17+,30-18+. The molecule has 0 saturated heterocycles. The number of carbonyl (C=O) groups excluding carboxylic acids is 2. The number of carbonyl (C=O) groups is 2. The SMILES string of the molecule is O=C(N/N=C/c1cccnc1)c1ccc(-c2ccc(C(=O)N/N=C/c3cccnc3)cc2)cc1. The molecule has 0 aliphatic rings. The molecule has 2 amide bonds. The van der Waals surface area contributed by atoms with E-state index in [1.165, 1.54) is 12.4 Å². The van der Waals surface area contributed by atoms with Gasteiger partial charge in [0.1, 0.15) is 0 Å². The molecule has 0 saturated carbocycles. The van der Waals surface area contributed by atoms with E-state index in [4.69, 9.17) is 0 Å². The molecule has 0 bridgehead atoms. The summed E-state index contributed by atoms with van der Waals surface area (Å²) in [5, 5.41) is 7.90. The van der Waals surface area contributed by atoms with E-state index in [1.807, 2.05) is 36.4 Å². The van der Waals surface area contributed by atoms with Crippen LogP contribution in [-0.2, 0) is 0 Å². The summed E-state index contributed by atoms with van der Waals surface area (Å²) in [4.78, 5) is 32.5. The second-order valence-electron chi connectivity index (χ2n) is 7.13. The Bertz CT molecular complexity index is 1200. The molecule has 166 valence electrons. The number of hydrazone groups is 2. The highest BCUT2D eigenvalue weighted by atomic mass is 16.2. The first-order valence-electron chi connectivity index (χ1n) is 10.4. The van der Waals surface area contributed by atoms with Crippen LogP contribution < -0.4 is 10.9 Å². The zero-order valence-corrected chi connectivity index (χ0v) is 18.0. The Kier molecular flexibility index (Phi) is 7.22. The van der Waals surface area contributed by atoms with E-state index < -0.39 is 0 Å². The molecule has 0 spiro atoms. The number of hydrogen-bond donors (Lipinski definition) is 2. The largest absolute Gasteiger partial charge is 0.271 e. The summed E-state index contributed by atoms with van der Waals surface area (Å²) in [6.07, 6.45) is 9.69. The van der Waals surface area contributed by atoms with Crippen LogP contribution in [0, 0.1) is 0 Å². The highest BCUT2D eigenvalue weighted by Crippen LogP contribution is 2.20. The van der Waals surface area contributed by atoms with Crippen LogP contribution in [0.15, 0.2) is 108 Å². The van der Waals surface area contributed by atoms with Crippen LogP contribution in [0.2, 0.25) is 0 Å². The lowest BCUT2D eigenvalue weighted by Crippen LogP contribution is -2.17. The van der Waals surface area contributed by atoms with Crippen molar-refractivity contribution in [1.82, 2.24) is 20.8 Å². The quantitative estimate of drug-likeness (QED) is 0.332. The molecule has 2 aromatic heterocycles. The van der Waals surface area contributed by atoms with Gasteiger partial charge in [0.2, 0.25) is 0 Å². The molecular formula is C26H20N6O2. The summed E-state index contributed by atoms with van der Waals surface area (Å²) in [6.45, 7) is 0. The van der Waals surface area contributed by atoms with Gasteiger partial charge in [0.05, 0.1) is 12.4 Å². The third-order valence-electron chi connectivity index (χ3n) is 4.76. The molecule has 2 N–H and O–H groups in total. The minimum atomic E-state index is -0.314. The van der Waals surface area contributed by atoms with Crippen LogP contribution in [0.5, 0.6) is 0 Å². The van der Waals surface area contributed by atoms with Crippen LogP contribution in [0.1, 0.15) is 31.8 Å². The van der Waals surface area contributed by atoms with Crippen molar-refractivity contribution in [3.8, 4) is 11.1 Å². The minimum Gasteiger partial charge on any atom is -0.267 e. The maximum Gasteiger partial charge on any atom is 0.271 e. The van der Waals surface area contributed by atoms with E-state index in [-0.39, 0.29) is 11.8 Å². The Morgan fingerprint density at radius 1 is 0.618 bits per heavy atom. The molecule has 34 heavy (non-hydrogen) atoms. The molecule has 0 aliphatic heterocycles. The lowest BCUT2D eigenvalue weighted by atomic mass is 10.0. The predicted molar refractivity (Wildman–Crippen MR) is 130 cm³/mol. The van der Waals surface area contributed by atoms with Crippen LogP contribution in [0.25, 0.3) is 11.1 Å². The van der Waals surface area contributed by atoms with Crippen molar-refractivity contribution < 1.29 is 9.59 Å². The molecule has 2 aromatic carbocycles. The molecule has 4 aromatic rings. The third-order valence-corrected chi connectivity index (χ3v) is 4.76. The number of aromatic nitrogens is 2. The van der Waals surface area contributed by atoms with Crippen LogP contribution >= 0.6 is 0 Å². The zero-order chi connectivity index (χ0) is 23.6. The Balaban J connectivity index is 1.33. The average Bonchev–Trinajstić information content (AvgIpc) is 2.90. The maximum atomic E-state index is 12.3. The van der Waals surface area contributed by atoms with Crippen molar-refractivity contribution in [1.29, 1.82) is 0 Å². The molecule has 2 heterocycles. The smallest absolute Gasteiger partial charge is 0.267 e. The lowest BCUT2D eigenvalue weighted by molar-refractivity contribution is 0.0947. The van der Waals surface area contributed by atoms with Gasteiger partial charge >= 0.3 is 0 Å². The highest BCUT2D eigenvalue weighted by molar-refractivity contribution is 5.96. The van der Waals surface area contributed by atoms with Gasteiger partial charge in [-0.25, -0.2) is 10.9 Å². The van der Waals surface area contributed by atoms with Gasteiger partial charge in [0.25, 0.3) is 11.8 Å². The lowest BCUT2D eigenvalue weighted by Gasteiger charge is -2.05. The van der Waals surface area contributed by atoms with Crippen molar-refractivity contribution in [2.24, 2.45) is 10.2 Å². The molecule has 0 radical (unpaired) electrons. The average molecular weight is 448 g/mol. The van der Waals surface area contributed by atoms with Crippen molar-refractivity contribution in [3.63, 3.8) is 0 Å². The highest BCUT2D eigenvalue weighted by Gasteiger charge is 2.07. The molecule has 0 atom stereocenters. The molecule has 0 aliphatic carbocycles. The first kappa shape index (κ1) is 22.2. The number of hydrogen-bond acceptors (Lipinski definition) is 6. The topological polar surface area (TPSA) is 109 Å². The van der Waals surface area contributed by atoms with E-state index in [0.29, 0.717) is 11.1 Å². The molecule has 0 unspecified atom stereocenters. The van der Waals surface area contributed by atoms with Crippen molar-refractivity contribution in [3.05, 3.63) is 120 Å². The second kappa shape index (κ2) is 11.1. The third kappa shape index (κ3) is 6.04. The molecule has 4 rings (SSSR count). The Labute approximate surface area is 196 Å². The summed E-state index contributed by atoms with van der Waals surface area (Å²) in [7, 11) is 0. The van der Waals surface area contributed by atoms with E-state index in [0.717, 1.165) is 22.3 Å². The van der Waals surface area contributed by atoms with Gasteiger partial charge in [-0.2, -0.15) is 10.2 Å². The van der Waals surface area contributed by atoms with E-state index in [9.17, 15) is 9.59 Å². The number of rotatable bonds is 7. The minimum absolute atomic E-state index is 0.314. The van der Waals surface area contributed by atoms with E-state index >= 15 is 0 Å². The van der Waals surface area contributed by atoms with Gasteiger partial charge in [0, 0.05) is 47.0 Å². The van der Waals surface area contributed by atoms with Gasteiger partial charge in [0.15, 0.2) is 0 Å². The van der Waals surface area contributed by atoms with E-state index in [1.54, 1.807) is 61.2 Å². The van der Waals surface area contributed by atoms with Crippen LogP contribution in [0.3, 0.4) is 0 Å². The summed E-state index contributed by atoms with van der Waals surface area (Å²) in [6, 6.07) is 21.5. The van der Waals surface area contributed by atoms with Gasteiger partial charge in [-0.05, 0) is 47.5 Å². The Morgan fingerprint density at radius 2 is 1.03 bits per heavy atom. The van der Waals surface area contributed by atoms with Crippen molar-refractivity contribution in [2.45, 2.75) is 0 Å². The van der Waals surface area contributed by atoms with Gasteiger partial charge in [-0.1, -0.05) is 36.4 Å². The summed E-state index contributed by atoms with van der Waals surface area (Å²) in [5.41, 5.74) is 9.36. The van der Waals surface area contributed by atoms with E-state index in [2.05, 4.69) is 31.0 Å². The molecule has 8 heteroatoms. The predicted octanol–water partition coefficient (Wildman–Crippen LogP) is 3.67. The fourth-order valence-corrected chi connectivity index (χ4v) is 2.99. The molecule has 0 fully saturated rings. The number of benzene rings is 2. The maximum absolute atomic E-state index is 12.3. The fourth-order valence-electron chi connectivity index (χ4n) is 2.99. The van der Waals surface area contributed by atoms with Crippen molar-refractivity contribution in [2.75, 3.05) is 0 Å². The summed E-state index contributed by atoms with van der Waals surface area (Å²) >= 11 is 0. The van der Waals surface area contributed by atoms with Crippen molar-refractivity contribution >= 4 is 24.2 Å². The Morgan fingerprint density at radius 3 is 1.38 bits per heavy atom. The summed E-state index contributed by atoms with van der Waals surface area (Å²) < 4.78 is 0. The molecule has 8 nitrogen and oxygen atoms in total. The number of nitrogens with zero attached hydrogens (tertiary/aromatic N) is 4. The first-order chi connectivity index (χ1) is 16.7. The van der Waals surface area contributed by atoms with Crippen LogP contribution in [0.4, 0.5) is 0 Å². The van der Waals surface area contributed by atoms with Crippen LogP contribution in [-0.4, -0.2) is 34.2 Å². The van der Waals surface area contributed by atoms with Gasteiger partial charge < -0.3 is 0 Å². The van der Waals surface area contributed by atoms with Gasteiger partial charge in [-0.3, -0.25) is 19.6 Å². The second-order valence-corrected chi connectivity index (χ2v) is 7.13. The number of pyridine rings is 2. The normalized spacial score (nSPS) is 10.9. The number of nitrogens with one attached hydrogen (secondary N) is 2. The first-order valence-corrected chi connectivity index (χ1v) is 10.4. The summed E-state index contributed by atoms with van der Waals surface area (Å²) in [5.74, 6) is -0.629. The van der Waals surface area contributed by atoms with Gasteiger partial charge in [-0.15, -0.1) is 0 Å². The Hall–Kier alpha value is -4.98. The fraction of sp³-hybridized carbons (Fsp3) is 0.